The van der Waals surface area contributed by atoms with Crippen molar-refractivity contribution in [2.24, 2.45) is 0 Å². The van der Waals surface area contributed by atoms with Gasteiger partial charge in [-0.25, -0.2) is 0 Å². The van der Waals surface area contributed by atoms with Gasteiger partial charge in [0.25, 0.3) is 0 Å². The van der Waals surface area contributed by atoms with Crippen LogP contribution in [0.1, 0.15) is 25.0 Å². The first-order valence-electron chi connectivity index (χ1n) is 4.54. The van der Waals surface area contributed by atoms with E-state index in [0.29, 0.717) is 0 Å². The first-order valence-corrected chi connectivity index (χ1v) is 4.54. The number of aryl methyl sites for hydroxylation is 2. The Bertz CT molecular complexity index is 282. The third-order valence-electron chi connectivity index (χ3n) is 1.94. The van der Waals surface area contributed by atoms with Gasteiger partial charge in [-0.2, -0.15) is 0 Å². The lowest BCUT2D eigenvalue weighted by Gasteiger charge is -2.12. The molecule has 0 aliphatic rings. The topological polar surface area (TPSA) is 35.2 Å². The van der Waals surface area contributed by atoms with E-state index in [4.69, 9.17) is 10.5 Å². The van der Waals surface area contributed by atoms with Crippen LogP contribution in [-0.4, -0.2) is 6.10 Å². The van der Waals surface area contributed by atoms with Crippen LogP contribution in [-0.2, 0) is 0 Å². The smallest absolute Gasteiger partial charge is 0.120 e. The highest BCUT2D eigenvalue weighted by molar-refractivity contribution is 5.56. The fraction of sp³-hybridized carbons (Fsp3) is 0.455. The van der Waals surface area contributed by atoms with Gasteiger partial charge >= 0.3 is 0 Å². The van der Waals surface area contributed by atoms with Crippen molar-refractivity contribution in [3.8, 4) is 5.75 Å². The van der Waals surface area contributed by atoms with Crippen molar-refractivity contribution in [1.29, 1.82) is 0 Å². The number of hydrogen-bond acceptors (Lipinski definition) is 2. The molecule has 0 saturated heterocycles. The SMILES string of the molecule is Cc1cc(OC(C)C)cc(C)c1N. The van der Waals surface area contributed by atoms with Gasteiger partial charge in [-0.05, 0) is 51.0 Å². The summed E-state index contributed by atoms with van der Waals surface area (Å²) in [6.07, 6.45) is 0.211. The van der Waals surface area contributed by atoms with E-state index in [0.717, 1.165) is 22.6 Å². The van der Waals surface area contributed by atoms with Gasteiger partial charge in [0.15, 0.2) is 0 Å². The minimum absolute atomic E-state index is 0.211. The fourth-order valence-electron chi connectivity index (χ4n) is 1.28. The summed E-state index contributed by atoms with van der Waals surface area (Å²) in [4.78, 5) is 0. The molecule has 0 atom stereocenters. The Kier molecular flexibility index (Phi) is 2.81. The van der Waals surface area contributed by atoms with Crippen LogP contribution in [0.2, 0.25) is 0 Å². The maximum absolute atomic E-state index is 5.83. The molecule has 0 radical (unpaired) electrons. The van der Waals surface area contributed by atoms with E-state index in [1.54, 1.807) is 0 Å². The largest absolute Gasteiger partial charge is 0.491 e. The number of nitrogen functional groups attached to an aromatic ring is 1. The van der Waals surface area contributed by atoms with Gasteiger partial charge in [0.1, 0.15) is 5.75 Å². The van der Waals surface area contributed by atoms with Gasteiger partial charge in [-0.3, -0.25) is 0 Å². The van der Waals surface area contributed by atoms with Crippen LogP contribution in [0.15, 0.2) is 12.1 Å². The second kappa shape index (κ2) is 3.69. The van der Waals surface area contributed by atoms with Gasteiger partial charge in [0.2, 0.25) is 0 Å². The molecule has 0 saturated carbocycles. The molecule has 0 aliphatic heterocycles. The van der Waals surface area contributed by atoms with Gasteiger partial charge < -0.3 is 10.5 Å². The van der Waals surface area contributed by atoms with Crippen LogP contribution in [0.25, 0.3) is 0 Å². The van der Waals surface area contributed by atoms with Crippen LogP contribution in [0, 0.1) is 13.8 Å². The van der Waals surface area contributed by atoms with E-state index in [1.165, 1.54) is 0 Å². The zero-order chi connectivity index (χ0) is 10.0. The standard InChI is InChI=1S/C11H17NO/c1-7(2)13-10-5-8(3)11(12)9(4)6-10/h5-7H,12H2,1-4H3. The van der Waals surface area contributed by atoms with Crippen LogP contribution in [0.5, 0.6) is 5.75 Å². The second-order valence-corrected chi connectivity index (χ2v) is 3.64. The number of anilines is 1. The first kappa shape index (κ1) is 9.90. The Morgan fingerprint density at radius 3 is 2.00 bits per heavy atom. The molecule has 0 unspecified atom stereocenters. The fourth-order valence-corrected chi connectivity index (χ4v) is 1.28. The van der Waals surface area contributed by atoms with Crippen LogP contribution >= 0.6 is 0 Å². The van der Waals surface area contributed by atoms with Crippen LogP contribution in [0.3, 0.4) is 0 Å². The molecule has 0 spiro atoms. The highest BCUT2D eigenvalue weighted by Gasteiger charge is 2.03. The van der Waals surface area contributed by atoms with Crippen LogP contribution in [0.4, 0.5) is 5.69 Å². The van der Waals surface area contributed by atoms with Crippen molar-refractivity contribution in [1.82, 2.24) is 0 Å². The minimum Gasteiger partial charge on any atom is -0.491 e. The molecule has 72 valence electrons. The Hall–Kier alpha value is -1.18. The molecule has 0 heterocycles. The molecule has 0 bridgehead atoms. The second-order valence-electron chi connectivity index (χ2n) is 3.64. The lowest BCUT2D eigenvalue weighted by molar-refractivity contribution is 0.242. The predicted molar refractivity (Wildman–Crippen MR) is 56.1 cm³/mol. The number of benzene rings is 1. The quantitative estimate of drug-likeness (QED) is 0.708. The molecule has 2 nitrogen and oxygen atoms in total. The van der Waals surface area contributed by atoms with E-state index in [2.05, 4.69) is 0 Å². The summed E-state index contributed by atoms with van der Waals surface area (Å²) in [6, 6.07) is 3.95. The Morgan fingerprint density at radius 1 is 1.15 bits per heavy atom. The molecule has 13 heavy (non-hydrogen) atoms. The molecule has 1 rings (SSSR count). The first-order chi connectivity index (χ1) is 6.00. The average Bonchev–Trinajstić information content (AvgIpc) is 1.98. The predicted octanol–water partition coefficient (Wildman–Crippen LogP) is 2.67. The lowest BCUT2D eigenvalue weighted by Crippen LogP contribution is -2.06. The zero-order valence-electron chi connectivity index (χ0n) is 8.72. The van der Waals surface area contributed by atoms with Gasteiger partial charge in [-0.15, -0.1) is 0 Å². The van der Waals surface area contributed by atoms with Gasteiger partial charge in [0.05, 0.1) is 6.10 Å². The summed E-state index contributed by atoms with van der Waals surface area (Å²) in [6.45, 7) is 8.02. The number of nitrogens with two attached hydrogens (primary N) is 1. The summed E-state index contributed by atoms with van der Waals surface area (Å²) in [5.74, 6) is 0.902. The molecule has 0 fully saturated rings. The van der Waals surface area contributed by atoms with E-state index in [1.807, 2.05) is 39.8 Å². The van der Waals surface area contributed by atoms with Gasteiger partial charge in [0, 0.05) is 5.69 Å². The van der Waals surface area contributed by atoms with Gasteiger partial charge in [-0.1, -0.05) is 0 Å². The summed E-state index contributed by atoms with van der Waals surface area (Å²) in [5.41, 5.74) is 8.84. The molecular formula is C11H17NO. The Labute approximate surface area is 79.7 Å². The van der Waals surface area contributed by atoms with E-state index >= 15 is 0 Å². The normalized spacial score (nSPS) is 10.5. The number of rotatable bonds is 2. The average molecular weight is 179 g/mol. The molecule has 0 aliphatic carbocycles. The molecule has 2 N–H and O–H groups in total. The molecule has 0 aromatic heterocycles. The number of hydrogen-bond donors (Lipinski definition) is 1. The van der Waals surface area contributed by atoms with Crippen molar-refractivity contribution in [2.45, 2.75) is 33.8 Å². The lowest BCUT2D eigenvalue weighted by atomic mass is 10.1. The molecule has 1 aromatic rings. The Balaban J connectivity index is 2.99. The molecule has 1 aromatic carbocycles. The van der Waals surface area contributed by atoms with Crippen molar-refractivity contribution in [3.05, 3.63) is 23.3 Å². The van der Waals surface area contributed by atoms with E-state index in [-0.39, 0.29) is 6.10 Å². The summed E-state index contributed by atoms with van der Waals surface area (Å²) in [5, 5.41) is 0. The summed E-state index contributed by atoms with van der Waals surface area (Å²) < 4.78 is 5.58. The molecule has 0 amide bonds. The van der Waals surface area contributed by atoms with Crippen molar-refractivity contribution >= 4 is 5.69 Å². The maximum Gasteiger partial charge on any atom is 0.120 e. The van der Waals surface area contributed by atoms with Crippen molar-refractivity contribution in [3.63, 3.8) is 0 Å². The highest BCUT2D eigenvalue weighted by atomic mass is 16.5. The number of ether oxygens (including phenoxy) is 1. The van der Waals surface area contributed by atoms with Crippen LogP contribution < -0.4 is 10.5 Å². The van der Waals surface area contributed by atoms with E-state index in [9.17, 15) is 0 Å². The Morgan fingerprint density at radius 2 is 1.62 bits per heavy atom. The third-order valence-corrected chi connectivity index (χ3v) is 1.94. The monoisotopic (exact) mass is 179 g/mol. The van der Waals surface area contributed by atoms with Crippen molar-refractivity contribution in [2.75, 3.05) is 5.73 Å². The van der Waals surface area contributed by atoms with E-state index < -0.39 is 0 Å². The summed E-state index contributed by atoms with van der Waals surface area (Å²) in [7, 11) is 0. The third kappa shape index (κ3) is 2.38. The zero-order valence-corrected chi connectivity index (χ0v) is 8.72. The highest BCUT2D eigenvalue weighted by Crippen LogP contribution is 2.24. The van der Waals surface area contributed by atoms with Crippen molar-refractivity contribution < 1.29 is 4.74 Å². The minimum atomic E-state index is 0.211. The summed E-state index contributed by atoms with van der Waals surface area (Å²) >= 11 is 0. The molecular weight excluding hydrogens is 162 g/mol. The maximum atomic E-state index is 5.83. The molecule has 2 heteroatoms.